The Bertz CT molecular complexity index is 906. The molecule has 4 fully saturated rings. The van der Waals surface area contributed by atoms with Crippen LogP contribution in [0.15, 0.2) is 0 Å². The van der Waals surface area contributed by atoms with Crippen molar-refractivity contribution < 1.29 is 19.4 Å². The lowest BCUT2D eigenvalue weighted by molar-refractivity contribution is -0.245. The number of fused-ring (bicyclic) bond motifs is 5. The van der Waals surface area contributed by atoms with Gasteiger partial charge in [0.2, 0.25) is 0 Å². The number of hydrogen-bond acceptors (Lipinski definition) is 3. The highest BCUT2D eigenvalue weighted by Gasteiger charge is 2.68. The van der Waals surface area contributed by atoms with Gasteiger partial charge in [0.25, 0.3) is 0 Å². The minimum atomic E-state index is -0.848. The molecule has 0 bridgehead atoms. The predicted molar refractivity (Wildman–Crippen MR) is 158 cm³/mol. The van der Waals surface area contributed by atoms with Gasteiger partial charge in [0.05, 0.1) is 6.61 Å². The molecular formula is C35H60O4. The van der Waals surface area contributed by atoms with Crippen LogP contribution in [0.5, 0.6) is 0 Å². The number of carbonyl (C=O) groups excluding carboxylic acids is 1. The van der Waals surface area contributed by atoms with E-state index in [1.165, 1.54) is 64.2 Å². The van der Waals surface area contributed by atoms with Crippen molar-refractivity contribution in [2.45, 2.75) is 145 Å². The van der Waals surface area contributed by atoms with Crippen molar-refractivity contribution in [1.82, 2.24) is 0 Å². The standard InChI is InChI=1S/C35H60O4/c1-9-24(10-2)30-25-15-16-27-33(6)19-12-18-31(3,4)26(33)17-20-35(27,8)34(25,7)22-21-32(30,5)23-39-29(38)14-11-13-28(36)37/h24-27,30H,9-23H2,1-8H3,(H,36,37). The van der Waals surface area contributed by atoms with E-state index in [1.807, 2.05) is 0 Å². The summed E-state index contributed by atoms with van der Waals surface area (Å²) in [4.78, 5) is 23.5. The number of rotatable bonds is 9. The first-order valence-electron chi connectivity index (χ1n) is 16.6. The Labute approximate surface area is 239 Å². The summed E-state index contributed by atoms with van der Waals surface area (Å²) in [6.45, 7) is 20.8. The van der Waals surface area contributed by atoms with Gasteiger partial charge in [-0.1, -0.05) is 74.7 Å². The molecule has 8 atom stereocenters. The summed E-state index contributed by atoms with van der Waals surface area (Å²) in [5.74, 6) is 2.46. The lowest BCUT2D eigenvalue weighted by atomic mass is 9.32. The van der Waals surface area contributed by atoms with Gasteiger partial charge >= 0.3 is 11.9 Å². The Hall–Kier alpha value is -1.06. The van der Waals surface area contributed by atoms with Gasteiger partial charge in [0, 0.05) is 18.3 Å². The Morgan fingerprint density at radius 3 is 2.15 bits per heavy atom. The van der Waals surface area contributed by atoms with Gasteiger partial charge in [-0.3, -0.25) is 9.59 Å². The minimum absolute atomic E-state index is 0.0134. The van der Waals surface area contributed by atoms with Crippen molar-refractivity contribution in [3.05, 3.63) is 0 Å². The molecular weight excluding hydrogens is 484 g/mol. The van der Waals surface area contributed by atoms with E-state index in [1.54, 1.807) is 0 Å². The summed E-state index contributed by atoms with van der Waals surface area (Å²) in [7, 11) is 0. The molecule has 8 unspecified atom stereocenters. The predicted octanol–water partition coefficient (Wildman–Crippen LogP) is 9.30. The van der Waals surface area contributed by atoms with E-state index >= 15 is 0 Å². The largest absolute Gasteiger partial charge is 0.481 e. The van der Waals surface area contributed by atoms with Crippen LogP contribution >= 0.6 is 0 Å². The first-order chi connectivity index (χ1) is 18.2. The Kier molecular flexibility index (Phi) is 8.69. The van der Waals surface area contributed by atoms with Crippen molar-refractivity contribution in [3.8, 4) is 0 Å². The van der Waals surface area contributed by atoms with Crippen molar-refractivity contribution >= 4 is 11.9 Å². The van der Waals surface area contributed by atoms with Crippen LogP contribution in [0, 0.1) is 56.7 Å². The molecule has 0 aromatic carbocycles. The molecule has 0 radical (unpaired) electrons. The number of esters is 1. The number of aliphatic carboxylic acids is 1. The van der Waals surface area contributed by atoms with E-state index < -0.39 is 5.97 Å². The topological polar surface area (TPSA) is 63.6 Å². The lowest BCUT2D eigenvalue weighted by Crippen LogP contribution is -2.66. The Balaban J connectivity index is 1.61. The molecule has 0 aromatic heterocycles. The third-order valence-corrected chi connectivity index (χ3v) is 14.0. The molecule has 0 saturated heterocycles. The summed E-state index contributed by atoms with van der Waals surface area (Å²) in [6, 6.07) is 0. The zero-order valence-electron chi connectivity index (χ0n) is 26.7. The van der Waals surface area contributed by atoms with Gasteiger partial charge in [-0.15, -0.1) is 0 Å². The molecule has 4 aliphatic rings. The summed E-state index contributed by atoms with van der Waals surface area (Å²) in [6.07, 6.45) is 15.0. The second-order valence-corrected chi connectivity index (χ2v) is 16.2. The number of ether oxygens (including phenoxy) is 1. The maximum absolute atomic E-state index is 12.6. The maximum atomic E-state index is 12.6. The first-order valence-corrected chi connectivity index (χ1v) is 16.6. The summed E-state index contributed by atoms with van der Waals surface area (Å²) in [5.41, 5.74) is 1.60. The quantitative estimate of drug-likeness (QED) is 0.294. The number of hydrogen-bond donors (Lipinski definition) is 1. The van der Waals surface area contributed by atoms with Crippen LogP contribution in [0.2, 0.25) is 0 Å². The summed E-state index contributed by atoms with van der Waals surface area (Å²) >= 11 is 0. The van der Waals surface area contributed by atoms with Crippen molar-refractivity contribution in [3.63, 3.8) is 0 Å². The molecule has 4 aliphatic carbocycles. The number of carboxylic acid groups (broad SMARTS) is 1. The average molecular weight is 545 g/mol. The summed E-state index contributed by atoms with van der Waals surface area (Å²) in [5, 5.41) is 8.94. The van der Waals surface area contributed by atoms with Gasteiger partial charge in [-0.2, -0.15) is 0 Å². The number of carboxylic acids is 1. The van der Waals surface area contributed by atoms with Crippen LogP contribution in [-0.4, -0.2) is 23.7 Å². The van der Waals surface area contributed by atoms with E-state index in [2.05, 4.69) is 55.4 Å². The third kappa shape index (κ3) is 5.11. The monoisotopic (exact) mass is 544 g/mol. The highest BCUT2D eigenvalue weighted by molar-refractivity contribution is 5.71. The molecule has 0 amide bonds. The zero-order chi connectivity index (χ0) is 28.9. The van der Waals surface area contributed by atoms with E-state index in [4.69, 9.17) is 9.84 Å². The molecule has 224 valence electrons. The fourth-order valence-corrected chi connectivity index (χ4v) is 11.9. The van der Waals surface area contributed by atoms with Crippen LogP contribution < -0.4 is 0 Å². The van der Waals surface area contributed by atoms with Crippen LogP contribution in [0.1, 0.15) is 145 Å². The maximum Gasteiger partial charge on any atom is 0.305 e. The number of carbonyl (C=O) groups is 2. The first kappa shape index (κ1) is 30.9. The molecule has 4 rings (SSSR count). The van der Waals surface area contributed by atoms with E-state index in [0.29, 0.717) is 52.4 Å². The fraction of sp³-hybridized carbons (Fsp3) is 0.943. The highest BCUT2D eigenvalue weighted by Crippen LogP contribution is 2.76. The third-order valence-electron chi connectivity index (χ3n) is 14.0. The van der Waals surface area contributed by atoms with Gasteiger partial charge in [0.1, 0.15) is 0 Å². The van der Waals surface area contributed by atoms with Crippen LogP contribution in [0.4, 0.5) is 0 Å². The van der Waals surface area contributed by atoms with Gasteiger partial charge in [-0.25, -0.2) is 0 Å². The van der Waals surface area contributed by atoms with E-state index in [-0.39, 0.29) is 24.2 Å². The molecule has 4 heteroatoms. The van der Waals surface area contributed by atoms with Gasteiger partial charge < -0.3 is 9.84 Å². The van der Waals surface area contributed by atoms with Crippen molar-refractivity contribution in [1.29, 1.82) is 0 Å². The Morgan fingerprint density at radius 1 is 0.821 bits per heavy atom. The SMILES string of the molecule is CCC(CC)C1C2CCC3C4(C)CCCC(C)(C)C4CCC3(C)C2(C)CCC1(C)COC(=O)CCCC(=O)O. The second-order valence-electron chi connectivity index (χ2n) is 16.2. The van der Waals surface area contributed by atoms with Crippen LogP contribution in [0.25, 0.3) is 0 Å². The lowest BCUT2D eigenvalue weighted by Gasteiger charge is -2.73. The fourth-order valence-electron chi connectivity index (χ4n) is 11.9. The molecule has 39 heavy (non-hydrogen) atoms. The molecule has 4 saturated carbocycles. The highest BCUT2D eigenvalue weighted by atomic mass is 16.5. The summed E-state index contributed by atoms with van der Waals surface area (Å²) < 4.78 is 5.96. The smallest absolute Gasteiger partial charge is 0.305 e. The van der Waals surface area contributed by atoms with Crippen molar-refractivity contribution in [2.24, 2.45) is 56.7 Å². The van der Waals surface area contributed by atoms with Gasteiger partial charge in [0.15, 0.2) is 0 Å². The molecule has 0 aliphatic heterocycles. The molecule has 0 heterocycles. The Morgan fingerprint density at radius 2 is 1.51 bits per heavy atom. The molecule has 1 N–H and O–H groups in total. The van der Waals surface area contributed by atoms with Crippen LogP contribution in [0.3, 0.4) is 0 Å². The molecule has 0 spiro atoms. The van der Waals surface area contributed by atoms with Gasteiger partial charge in [-0.05, 0) is 109 Å². The second kappa shape index (κ2) is 11.0. The van der Waals surface area contributed by atoms with E-state index in [0.717, 1.165) is 18.3 Å². The van der Waals surface area contributed by atoms with Crippen molar-refractivity contribution in [2.75, 3.05) is 6.61 Å². The molecule has 0 aromatic rings. The molecule has 4 nitrogen and oxygen atoms in total. The van der Waals surface area contributed by atoms with E-state index in [9.17, 15) is 9.59 Å². The normalized spacial score (nSPS) is 43.2. The zero-order valence-corrected chi connectivity index (χ0v) is 26.7. The van der Waals surface area contributed by atoms with Crippen LogP contribution in [-0.2, 0) is 14.3 Å². The average Bonchev–Trinajstić information content (AvgIpc) is 2.85. The minimum Gasteiger partial charge on any atom is -0.481 e.